The Labute approximate surface area is 255 Å². The predicted molar refractivity (Wildman–Crippen MR) is 161 cm³/mol. The minimum absolute atomic E-state index is 0.00244. The number of aliphatic carboxylic acids is 1. The molecule has 4 aromatic rings. The molecule has 0 unspecified atom stereocenters. The third-order valence-corrected chi connectivity index (χ3v) is 7.57. The van der Waals surface area contributed by atoms with E-state index in [2.05, 4.69) is 31.1 Å². The minimum Gasteiger partial charge on any atom is -0.480 e. The summed E-state index contributed by atoms with van der Waals surface area (Å²) in [6.45, 7) is 0.184. The van der Waals surface area contributed by atoms with Gasteiger partial charge < -0.3 is 20.6 Å². The molecular formula is C29H24Cl2N8O4. The fourth-order valence-electron chi connectivity index (χ4n) is 4.71. The molecule has 0 spiro atoms. The van der Waals surface area contributed by atoms with Crippen LogP contribution in [-0.2, 0) is 17.8 Å². The number of carbonyl (C=O) groups excluding carboxylic acids is 2. The molecule has 0 fully saturated rings. The van der Waals surface area contributed by atoms with E-state index in [-0.39, 0.29) is 34.0 Å². The fourth-order valence-corrected chi connectivity index (χ4v) is 5.47. The normalized spacial score (nSPS) is 13.5. The minimum atomic E-state index is -1.45. The Hall–Kier alpha value is -5.12. The third kappa shape index (κ3) is 6.53. The van der Waals surface area contributed by atoms with Gasteiger partial charge in [0.2, 0.25) is 5.96 Å². The molecule has 2 heterocycles. The molecule has 2 amide bonds. The maximum Gasteiger partial charge on any atom is 0.328 e. The second kappa shape index (κ2) is 12.8. The van der Waals surface area contributed by atoms with Crippen LogP contribution in [0.25, 0.3) is 10.9 Å². The number of hydrogen-bond donors (Lipinski definition) is 5. The van der Waals surface area contributed by atoms with Crippen LogP contribution < -0.4 is 16.0 Å². The molecule has 0 bridgehead atoms. The number of hydrogen-bond acceptors (Lipinski definition) is 6. The number of carboxylic acids is 1. The maximum atomic E-state index is 13.2. The Morgan fingerprint density at radius 1 is 1.16 bits per heavy atom. The monoisotopic (exact) mass is 618 g/mol. The lowest BCUT2D eigenvalue weighted by Gasteiger charge is -2.30. The highest BCUT2D eigenvalue weighted by atomic mass is 35.5. The molecule has 1 aliphatic rings. The number of carbonyl (C=O) groups is 3. The molecule has 5 N–H and O–H groups in total. The number of para-hydroxylation sites is 1. The number of halogens is 2. The molecule has 12 nitrogen and oxygen atoms in total. The molecule has 0 saturated carbocycles. The summed E-state index contributed by atoms with van der Waals surface area (Å²) in [5.74, 6) is -2.31. The quantitative estimate of drug-likeness (QED) is 0.0899. The summed E-state index contributed by atoms with van der Waals surface area (Å²) in [6.07, 6.45) is 3.78. The smallest absolute Gasteiger partial charge is 0.328 e. The van der Waals surface area contributed by atoms with E-state index in [0.717, 1.165) is 10.9 Å². The van der Waals surface area contributed by atoms with Crippen molar-refractivity contribution < 1.29 is 19.5 Å². The van der Waals surface area contributed by atoms with Crippen LogP contribution >= 0.6 is 23.2 Å². The predicted octanol–water partition coefficient (Wildman–Crippen LogP) is 3.79. The third-order valence-electron chi connectivity index (χ3n) is 6.85. The molecule has 5 rings (SSSR count). The van der Waals surface area contributed by atoms with Crippen molar-refractivity contribution in [1.82, 2.24) is 25.7 Å². The lowest BCUT2D eigenvalue weighted by molar-refractivity contribution is -0.138. The summed E-state index contributed by atoms with van der Waals surface area (Å²) in [6, 6.07) is 14.2. The van der Waals surface area contributed by atoms with Crippen LogP contribution in [-0.4, -0.2) is 63.1 Å². The summed E-state index contributed by atoms with van der Waals surface area (Å²) in [7, 11) is 0. The first-order chi connectivity index (χ1) is 20.7. The number of aromatic amines is 1. The lowest BCUT2D eigenvalue weighted by Crippen LogP contribution is -2.44. The highest BCUT2D eigenvalue weighted by Crippen LogP contribution is 2.35. The van der Waals surface area contributed by atoms with E-state index in [1.807, 2.05) is 12.1 Å². The Morgan fingerprint density at radius 3 is 2.70 bits per heavy atom. The Bertz CT molecular complexity index is 1780. The number of benzene rings is 3. The molecule has 1 aromatic heterocycles. The number of amides is 2. The molecule has 1 aliphatic heterocycles. The molecule has 218 valence electrons. The van der Waals surface area contributed by atoms with Crippen molar-refractivity contribution in [2.45, 2.75) is 19.0 Å². The van der Waals surface area contributed by atoms with Crippen molar-refractivity contribution in [1.29, 1.82) is 5.26 Å². The summed E-state index contributed by atoms with van der Waals surface area (Å²) < 4.78 is 0. The SMILES string of the molecule is N#CNC(=NC[C@H](NC(=O)c1c(Cl)cc2c(c1Cl)CCN(C(=O)c1ccc3cn[nH]c3c1)C2)C(=O)O)Nc1ccccc1. The average molecular weight is 619 g/mol. The van der Waals surface area contributed by atoms with Gasteiger partial charge in [-0.25, -0.2) is 9.79 Å². The van der Waals surface area contributed by atoms with E-state index in [1.54, 1.807) is 59.8 Å². The number of nitriles is 1. The highest BCUT2D eigenvalue weighted by Gasteiger charge is 2.29. The van der Waals surface area contributed by atoms with E-state index in [9.17, 15) is 19.5 Å². The number of anilines is 1. The molecule has 0 saturated heterocycles. The number of guanidine groups is 1. The maximum absolute atomic E-state index is 13.2. The second-order valence-electron chi connectivity index (χ2n) is 9.62. The summed E-state index contributed by atoms with van der Waals surface area (Å²) >= 11 is 13.1. The first kappa shape index (κ1) is 29.4. The zero-order valence-corrected chi connectivity index (χ0v) is 23.9. The Balaban J connectivity index is 1.31. The number of aliphatic imine (C=N–C) groups is 1. The number of nitrogens with one attached hydrogen (secondary N) is 4. The summed E-state index contributed by atoms with van der Waals surface area (Å²) in [5.41, 5.74) is 3.14. The van der Waals surface area contributed by atoms with Crippen molar-refractivity contribution >= 4 is 63.5 Å². The summed E-state index contributed by atoms with van der Waals surface area (Å²) in [4.78, 5) is 44.2. The second-order valence-corrected chi connectivity index (χ2v) is 10.4. The van der Waals surface area contributed by atoms with Crippen LogP contribution in [0.5, 0.6) is 0 Å². The van der Waals surface area contributed by atoms with Crippen LogP contribution in [0.4, 0.5) is 5.69 Å². The van der Waals surface area contributed by atoms with Gasteiger partial charge in [0.1, 0.15) is 6.04 Å². The van der Waals surface area contributed by atoms with Gasteiger partial charge in [0.15, 0.2) is 6.19 Å². The number of carboxylic acid groups (broad SMARTS) is 1. The van der Waals surface area contributed by atoms with Crippen LogP contribution in [0.1, 0.15) is 31.8 Å². The first-order valence-electron chi connectivity index (χ1n) is 13.0. The number of aromatic nitrogens is 2. The number of H-pyrrole nitrogens is 1. The number of nitrogens with zero attached hydrogens (tertiary/aromatic N) is 4. The number of rotatable bonds is 7. The van der Waals surface area contributed by atoms with E-state index >= 15 is 0 Å². The van der Waals surface area contributed by atoms with Crippen molar-refractivity contribution in [3.05, 3.63) is 93.1 Å². The number of fused-ring (bicyclic) bond motifs is 2. The molecule has 0 radical (unpaired) electrons. The first-order valence-corrected chi connectivity index (χ1v) is 13.8. The molecular weight excluding hydrogens is 595 g/mol. The van der Waals surface area contributed by atoms with Crippen molar-refractivity contribution in [3.63, 3.8) is 0 Å². The van der Waals surface area contributed by atoms with E-state index in [1.165, 1.54) is 0 Å². The van der Waals surface area contributed by atoms with Crippen LogP contribution in [0.3, 0.4) is 0 Å². The molecule has 43 heavy (non-hydrogen) atoms. The van der Waals surface area contributed by atoms with Gasteiger partial charge in [-0.1, -0.05) is 47.5 Å². The zero-order chi connectivity index (χ0) is 30.5. The van der Waals surface area contributed by atoms with Gasteiger partial charge in [-0.15, -0.1) is 0 Å². The van der Waals surface area contributed by atoms with Gasteiger partial charge in [0.25, 0.3) is 11.8 Å². The van der Waals surface area contributed by atoms with Gasteiger partial charge in [0.05, 0.1) is 33.9 Å². The Morgan fingerprint density at radius 2 is 1.95 bits per heavy atom. The van der Waals surface area contributed by atoms with E-state index < -0.39 is 24.5 Å². The van der Waals surface area contributed by atoms with Crippen LogP contribution in [0, 0.1) is 11.5 Å². The van der Waals surface area contributed by atoms with Gasteiger partial charge in [-0.2, -0.15) is 10.4 Å². The molecule has 0 aliphatic carbocycles. The lowest BCUT2D eigenvalue weighted by atomic mass is 9.96. The summed E-state index contributed by atoms with van der Waals surface area (Å²) in [5, 5.41) is 34.3. The molecule has 1 atom stereocenters. The molecule has 14 heteroatoms. The topological polar surface area (TPSA) is 176 Å². The molecule has 3 aromatic carbocycles. The van der Waals surface area contributed by atoms with Gasteiger partial charge in [0, 0.05) is 29.7 Å². The van der Waals surface area contributed by atoms with Gasteiger partial charge in [-0.3, -0.25) is 20.0 Å². The largest absolute Gasteiger partial charge is 0.480 e. The van der Waals surface area contributed by atoms with Gasteiger partial charge >= 0.3 is 5.97 Å². The van der Waals surface area contributed by atoms with E-state index in [4.69, 9.17) is 28.5 Å². The Kier molecular flexibility index (Phi) is 8.75. The van der Waals surface area contributed by atoms with Crippen molar-refractivity contribution in [3.8, 4) is 6.19 Å². The van der Waals surface area contributed by atoms with Crippen LogP contribution in [0.2, 0.25) is 10.0 Å². The highest BCUT2D eigenvalue weighted by molar-refractivity contribution is 6.40. The van der Waals surface area contributed by atoms with Crippen molar-refractivity contribution in [2.24, 2.45) is 4.99 Å². The fraction of sp³-hybridized carbons (Fsp3) is 0.172. The van der Waals surface area contributed by atoms with E-state index in [0.29, 0.717) is 35.3 Å². The zero-order valence-electron chi connectivity index (χ0n) is 22.4. The average Bonchev–Trinajstić information content (AvgIpc) is 3.47. The van der Waals surface area contributed by atoms with Gasteiger partial charge in [-0.05, 0) is 47.9 Å². The van der Waals surface area contributed by atoms with Crippen molar-refractivity contribution in [2.75, 3.05) is 18.4 Å². The van der Waals surface area contributed by atoms with Crippen LogP contribution in [0.15, 0.2) is 65.8 Å². The standard InChI is InChI=1S/C29H24Cl2N8O4/c30-21-10-18-14-39(27(41)16-6-7-17-12-35-38-22(17)11-16)9-8-20(18)25(31)24(21)26(40)37-23(28(42)43)13-33-29(34-15-32)36-19-4-2-1-3-5-19/h1-7,10-12,23H,8-9,13-14H2,(H,35,38)(H,37,40)(H,42,43)(H2,33,34,36)/t23-/m0/s1.